The van der Waals surface area contributed by atoms with E-state index in [0.29, 0.717) is 17.2 Å². The summed E-state index contributed by atoms with van der Waals surface area (Å²) < 4.78 is 12.8. The molecule has 0 bridgehead atoms. The Balaban J connectivity index is 1.75. The van der Waals surface area contributed by atoms with Crippen LogP contribution in [0, 0.1) is 0 Å². The Morgan fingerprint density at radius 1 is 1.59 bits per heavy atom. The highest BCUT2D eigenvalue weighted by Gasteiger charge is 2.30. The SMILES string of the molecule is COc1ccsc1C(=O)N[C@H]1CCCO[C@@H]1c1cnn(C)c1. The van der Waals surface area contributed by atoms with Gasteiger partial charge in [-0.25, -0.2) is 0 Å². The van der Waals surface area contributed by atoms with Gasteiger partial charge in [0, 0.05) is 25.4 Å². The Bertz CT molecular complexity index is 652. The van der Waals surface area contributed by atoms with Gasteiger partial charge in [-0.3, -0.25) is 9.48 Å². The minimum Gasteiger partial charge on any atom is -0.495 e. The van der Waals surface area contributed by atoms with E-state index in [9.17, 15) is 4.79 Å². The number of hydrogen-bond donors (Lipinski definition) is 1. The zero-order valence-electron chi connectivity index (χ0n) is 12.6. The fourth-order valence-corrected chi connectivity index (χ4v) is 3.46. The van der Waals surface area contributed by atoms with Crippen LogP contribution in [0.4, 0.5) is 0 Å². The Morgan fingerprint density at radius 3 is 3.18 bits per heavy atom. The Labute approximate surface area is 133 Å². The molecular formula is C15H19N3O3S. The third-order valence-electron chi connectivity index (χ3n) is 3.75. The second-order valence-electron chi connectivity index (χ2n) is 5.28. The number of thiophene rings is 1. The number of aryl methyl sites for hydroxylation is 1. The third kappa shape index (κ3) is 3.00. The molecule has 6 nitrogen and oxygen atoms in total. The standard InChI is InChI=1S/C15H19N3O3S/c1-18-9-10(8-16-18)13-11(4-3-6-21-13)17-15(19)14-12(20-2)5-7-22-14/h5,7-9,11,13H,3-4,6H2,1-2H3,(H,17,19)/t11-,13+/m0/s1. The number of nitrogens with zero attached hydrogens (tertiary/aromatic N) is 2. The van der Waals surface area contributed by atoms with Gasteiger partial charge in [0.15, 0.2) is 0 Å². The lowest BCUT2D eigenvalue weighted by Crippen LogP contribution is -2.42. The molecule has 1 N–H and O–H groups in total. The first kappa shape index (κ1) is 15.1. The predicted octanol–water partition coefficient (Wildman–Crippen LogP) is 2.14. The lowest BCUT2D eigenvalue weighted by Gasteiger charge is -2.31. The Hall–Kier alpha value is -1.86. The summed E-state index contributed by atoms with van der Waals surface area (Å²) in [5.41, 5.74) is 0.991. The van der Waals surface area contributed by atoms with Crippen molar-refractivity contribution in [3.63, 3.8) is 0 Å². The summed E-state index contributed by atoms with van der Waals surface area (Å²) in [6.45, 7) is 0.703. The van der Waals surface area contributed by atoms with Gasteiger partial charge in [-0.15, -0.1) is 11.3 Å². The van der Waals surface area contributed by atoms with Crippen LogP contribution in [0.3, 0.4) is 0 Å². The van der Waals surface area contributed by atoms with Gasteiger partial charge in [-0.2, -0.15) is 5.10 Å². The van der Waals surface area contributed by atoms with E-state index in [1.54, 1.807) is 24.1 Å². The van der Waals surface area contributed by atoms with Crippen molar-refractivity contribution in [1.82, 2.24) is 15.1 Å². The second kappa shape index (κ2) is 6.50. The summed E-state index contributed by atoms with van der Waals surface area (Å²) in [7, 11) is 3.44. The van der Waals surface area contributed by atoms with E-state index in [2.05, 4.69) is 10.4 Å². The molecule has 0 radical (unpaired) electrons. The highest BCUT2D eigenvalue weighted by atomic mass is 32.1. The van der Waals surface area contributed by atoms with Gasteiger partial charge in [0.25, 0.3) is 5.91 Å². The zero-order valence-corrected chi connectivity index (χ0v) is 13.4. The van der Waals surface area contributed by atoms with Crippen molar-refractivity contribution < 1.29 is 14.3 Å². The first-order valence-corrected chi connectivity index (χ1v) is 8.09. The molecule has 2 aromatic heterocycles. The lowest BCUT2D eigenvalue weighted by molar-refractivity contribution is -0.00947. The summed E-state index contributed by atoms with van der Waals surface area (Å²) in [5.74, 6) is 0.494. The van der Waals surface area contributed by atoms with Crippen molar-refractivity contribution in [2.24, 2.45) is 7.05 Å². The lowest BCUT2D eigenvalue weighted by atomic mass is 9.98. The van der Waals surface area contributed by atoms with E-state index in [1.807, 2.05) is 18.6 Å². The molecule has 3 rings (SSSR count). The topological polar surface area (TPSA) is 65.4 Å². The van der Waals surface area contributed by atoms with E-state index in [4.69, 9.17) is 9.47 Å². The molecule has 1 aliphatic heterocycles. The molecule has 7 heteroatoms. The van der Waals surface area contributed by atoms with Crippen molar-refractivity contribution in [3.05, 3.63) is 34.3 Å². The number of amides is 1. The highest BCUT2D eigenvalue weighted by molar-refractivity contribution is 7.12. The van der Waals surface area contributed by atoms with Gasteiger partial charge < -0.3 is 14.8 Å². The number of methoxy groups -OCH3 is 1. The molecule has 1 aliphatic rings. The van der Waals surface area contributed by atoms with Crippen molar-refractivity contribution >= 4 is 17.2 Å². The van der Waals surface area contributed by atoms with Crippen LogP contribution in [0.1, 0.15) is 34.2 Å². The number of hydrogen-bond acceptors (Lipinski definition) is 5. The molecule has 0 unspecified atom stereocenters. The van der Waals surface area contributed by atoms with Crippen LogP contribution in [0.15, 0.2) is 23.8 Å². The van der Waals surface area contributed by atoms with Gasteiger partial charge >= 0.3 is 0 Å². The summed E-state index contributed by atoms with van der Waals surface area (Å²) in [6.07, 6.45) is 5.39. The van der Waals surface area contributed by atoms with Gasteiger partial charge in [0.2, 0.25) is 0 Å². The zero-order chi connectivity index (χ0) is 15.5. The number of ether oxygens (including phenoxy) is 2. The van der Waals surface area contributed by atoms with E-state index in [0.717, 1.165) is 18.4 Å². The van der Waals surface area contributed by atoms with Crippen molar-refractivity contribution in [2.45, 2.75) is 25.0 Å². The predicted molar refractivity (Wildman–Crippen MR) is 83.3 cm³/mol. The summed E-state index contributed by atoms with van der Waals surface area (Å²) in [5, 5.41) is 9.12. The summed E-state index contributed by atoms with van der Waals surface area (Å²) in [6, 6.07) is 1.74. The molecule has 118 valence electrons. The molecule has 0 aromatic carbocycles. The number of carbonyl (C=O) groups excluding carboxylic acids is 1. The van der Waals surface area contributed by atoms with Crippen molar-refractivity contribution in [3.8, 4) is 5.75 Å². The van der Waals surface area contributed by atoms with Gasteiger partial charge in [-0.1, -0.05) is 0 Å². The van der Waals surface area contributed by atoms with Crippen molar-refractivity contribution in [2.75, 3.05) is 13.7 Å². The number of carbonyl (C=O) groups is 1. The first-order valence-electron chi connectivity index (χ1n) is 7.21. The largest absolute Gasteiger partial charge is 0.495 e. The molecule has 22 heavy (non-hydrogen) atoms. The van der Waals surface area contributed by atoms with Gasteiger partial charge in [-0.05, 0) is 24.3 Å². The normalized spacial score (nSPS) is 21.5. The van der Waals surface area contributed by atoms with Gasteiger partial charge in [0.05, 0.1) is 19.3 Å². The second-order valence-corrected chi connectivity index (χ2v) is 6.20. The smallest absolute Gasteiger partial charge is 0.265 e. The summed E-state index contributed by atoms with van der Waals surface area (Å²) in [4.78, 5) is 13.1. The maximum Gasteiger partial charge on any atom is 0.265 e. The maximum atomic E-state index is 12.5. The van der Waals surface area contributed by atoms with E-state index in [1.165, 1.54) is 11.3 Å². The van der Waals surface area contributed by atoms with Gasteiger partial charge in [0.1, 0.15) is 16.7 Å². The average Bonchev–Trinajstić information content (AvgIpc) is 3.16. The van der Waals surface area contributed by atoms with E-state index < -0.39 is 0 Å². The first-order chi connectivity index (χ1) is 10.7. The molecule has 1 amide bonds. The van der Waals surface area contributed by atoms with Crippen LogP contribution in [-0.4, -0.2) is 35.4 Å². The molecule has 0 aliphatic carbocycles. The van der Waals surface area contributed by atoms with Crippen LogP contribution in [-0.2, 0) is 11.8 Å². The molecule has 0 spiro atoms. The maximum absolute atomic E-state index is 12.5. The molecular weight excluding hydrogens is 302 g/mol. The van der Waals surface area contributed by atoms with Crippen LogP contribution >= 0.6 is 11.3 Å². The fourth-order valence-electron chi connectivity index (χ4n) is 2.70. The minimum atomic E-state index is -0.155. The van der Waals surface area contributed by atoms with E-state index in [-0.39, 0.29) is 18.1 Å². The third-order valence-corrected chi connectivity index (χ3v) is 4.64. The Morgan fingerprint density at radius 2 is 2.45 bits per heavy atom. The average molecular weight is 321 g/mol. The molecule has 2 aromatic rings. The monoisotopic (exact) mass is 321 g/mol. The minimum absolute atomic E-state index is 0.0581. The molecule has 2 atom stereocenters. The number of nitrogens with one attached hydrogen (secondary N) is 1. The van der Waals surface area contributed by atoms with Crippen LogP contribution in [0.2, 0.25) is 0 Å². The molecule has 1 fully saturated rings. The van der Waals surface area contributed by atoms with Crippen LogP contribution < -0.4 is 10.1 Å². The van der Waals surface area contributed by atoms with Crippen LogP contribution in [0.5, 0.6) is 5.75 Å². The number of rotatable bonds is 4. The molecule has 0 saturated carbocycles. The van der Waals surface area contributed by atoms with E-state index >= 15 is 0 Å². The molecule has 1 saturated heterocycles. The Kier molecular flexibility index (Phi) is 4.44. The molecule has 3 heterocycles. The number of aromatic nitrogens is 2. The summed E-state index contributed by atoms with van der Waals surface area (Å²) >= 11 is 1.38. The van der Waals surface area contributed by atoms with Crippen LogP contribution in [0.25, 0.3) is 0 Å². The quantitative estimate of drug-likeness (QED) is 0.937. The van der Waals surface area contributed by atoms with Crippen molar-refractivity contribution in [1.29, 1.82) is 0 Å². The fraction of sp³-hybridized carbons (Fsp3) is 0.467. The highest BCUT2D eigenvalue weighted by Crippen LogP contribution is 2.30.